The summed E-state index contributed by atoms with van der Waals surface area (Å²) in [5.41, 5.74) is 2.16. The molecule has 26 heavy (non-hydrogen) atoms. The Hall–Kier alpha value is -1.79. The van der Waals surface area contributed by atoms with Crippen LogP contribution in [0.4, 0.5) is 0 Å². The van der Waals surface area contributed by atoms with Crippen LogP contribution in [0.15, 0.2) is 48.5 Å². The number of piperazine rings is 1. The van der Waals surface area contributed by atoms with Crippen LogP contribution in [0.25, 0.3) is 0 Å². The fraction of sp³-hybridized carbons (Fsp3) is 0.400. The molecule has 3 rings (SSSR count). The number of aliphatic hydroxyl groups excluding tert-OH is 1. The molecule has 2 aromatic carbocycles. The monoisotopic (exact) mass is 378 g/mol. The Kier molecular flexibility index (Phi) is 8.19. The second-order valence-electron chi connectivity index (χ2n) is 6.17. The minimum atomic E-state index is -0.0212. The van der Waals surface area contributed by atoms with Crippen LogP contribution in [0, 0.1) is 0 Å². The van der Waals surface area contributed by atoms with E-state index in [0.717, 1.165) is 37.3 Å². The predicted octanol–water partition coefficient (Wildman–Crippen LogP) is 2.63. The van der Waals surface area contributed by atoms with Gasteiger partial charge < -0.3 is 19.9 Å². The third-order valence-corrected chi connectivity index (χ3v) is 4.57. The zero-order valence-electron chi connectivity index (χ0n) is 15.1. The number of nitrogens with one attached hydrogen (secondary N) is 1. The first kappa shape index (κ1) is 20.5. The lowest BCUT2D eigenvalue weighted by molar-refractivity contribution is 0.110. The molecule has 142 valence electrons. The van der Waals surface area contributed by atoms with Crippen LogP contribution in [0.2, 0.25) is 0 Å². The lowest BCUT2D eigenvalue weighted by atomic mass is 10.0. The van der Waals surface area contributed by atoms with Gasteiger partial charge in [0.25, 0.3) is 0 Å². The van der Waals surface area contributed by atoms with Crippen LogP contribution in [0.1, 0.15) is 17.2 Å². The van der Waals surface area contributed by atoms with Gasteiger partial charge in [0.1, 0.15) is 6.61 Å². The fourth-order valence-electron chi connectivity index (χ4n) is 3.17. The molecular weight excluding hydrogens is 352 g/mol. The Labute approximate surface area is 161 Å². The molecule has 1 atom stereocenters. The van der Waals surface area contributed by atoms with Crippen LogP contribution < -0.4 is 14.8 Å². The number of rotatable bonds is 7. The molecule has 1 aliphatic rings. The van der Waals surface area contributed by atoms with Gasteiger partial charge in [-0.1, -0.05) is 36.4 Å². The molecule has 0 saturated carbocycles. The normalized spacial score (nSPS) is 15.8. The number of hydrogen-bond acceptors (Lipinski definition) is 5. The third-order valence-electron chi connectivity index (χ3n) is 4.57. The molecule has 6 heteroatoms. The van der Waals surface area contributed by atoms with Crippen LogP contribution in [-0.2, 0) is 6.61 Å². The number of aliphatic hydroxyl groups is 1. The fourth-order valence-corrected chi connectivity index (χ4v) is 3.17. The molecule has 0 amide bonds. The highest BCUT2D eigenvalue weighted by molar-refractivity contribution is 5.85. The van der Waals surface area contributed by atoms with Crippen LogP contribution in [0.5, 0.6) is 11.5 Å². The number of ether oxygens (including phenoxy) is 2. The highest BCUT2D eigenvalue weighted by Gasteiger charge is 2.22. The minimum Gasteiger partial charge on any atom is -0.493 e. The van der Waals surface area contributed by atoms with Crippen LogP contribution >= 0.6 is 12.4 Å². The third kappa shape index (κ3) is 5.11. The smallest absolute Gasteiger partial charge is 0.161 e. The van der Waals surface area contributed by atoms with Crippen molar-refractivity contribution in [1.29, 1.82) is 0 Å². The zero-order chi connectivity index (χ0) is 17.5. The van der Waals surface area contributed by atoms with Crippen molar-refractivity contribution in [1.82, 2.24) is 10.2 Å². The van der Waals surface area contributed by atoms with E-state index in [1.54, 1.807) is 7.11 Å². The van der Waals surface area contributed by atoms with Gasteiger partial charge in [0.2, 0.25) is 0 Å². The number of halogens is 1. The van der Waals surface area contributed by atoms with Gasteiger partial charge in [-0.05, 0) is 23.3 Å². The SMILES string of the molecule is COc1ccc([C@H](CO)N2CCNCC2)cc1OCc1ccccc1.Cl. The maximum Gasteiger partial charge on any atom is 0.161 e. The summed E-state index contributed by atoms with van der Waals surface area (Å²) in [4.78, 5) is 2.30. The highest BCUT2D eigenvalue weighted by atomic mass is 35.5. The lowest BCUT2D eigenvalue weighted by Gasteiger charge is -2.34. The second-order valence-corrected chi connectivity index (χ2v) is 6.17. The number of hydrogen-bond donors (Lipinski definition) is 2. The largest absolute Gasteiger partial charge is 0.493 e. The molecule has 0 aromatic heterocycles. The molecule has 1 saturated heterocycles. The van der Waals surface area contributed by atoms with Crippen molar-refractivity contribution in [2.45, 2.75) is 12.6 Å². The van der Waals surface area contributed by atoms with Crippen LogP contribution in [0.3, 0.4) is 0 Å². The van der Waals surface area contributed by atoms with Gasteiger partial charge >= 0.3 is 0 Å². The molecule has 2 N–H and O–H groups in total. The summed E-state index contributed by atoms with van der Waals surface area (Å²) >= 11 is 0. The topological polar surface area (TPSA) is 54.0 Å². The Bertz CT molecular complexity index is 663. The van der Waals surface area contributed by atoms with Gasteiger partial charge in [0.15, 0.2) is 11.5 Å². The average molecular weight is 379 g/mol. The van der Waals surface area contributed by atoms with E-state index in [1.807, 2.05) is 48.5 Å². The van der Waals surface area contributed by atoms with Crippen molar-refractivity contribution in [2.75, 3.05) is 39.9 Å². The van der Waals surface area contributed by atoms with Gasteiger partial charge in [0, 0.05) is 26.2 Å². The molecule has 2 aromatic rings. The van der Waals surface area contributed by atoms with Crippen LogP contribution in [-0.4, -0.2) is 49.9 Å². The summed E-state index contributed by atoms with van der Waals surface area (Å²) in [6.07, 6.45) is 0. The van der Waals surface area contributed by atoms with E-state index in [2.05, 4.69) is 10.2 Å². The van der Waals surface area contributed by atoms with E-state index < -0.39 is 0 Å². The average Bonchev–Trinajstić information content (AvgIpc) is 2.69. The molecule has 1 heterocycles. The molecular formula is C20H27ClN2O3. The van der Waals surface area contributed by atoms with Gasteiger partial charge in [-0.3, -0.25) is 4.90 Å². The Morgan fingerprint density at radius 2 is 1.81 bits per heavy atom. The summed E-state index contributed by atoms with van der Waals surface area (Å²) in [5.74, 6) is 1.41. The van der Waals surface area contributed by atoms with Gasteiger partial charge in [-0.2, -0.15) is 0 Å². The standard InChI is InChI=1S/C20H26N2O3.ClH/c1-24-19-8-7-17(18(14-23)22-11-9-21-10-12-22)13-20(19)25-15-16-5-3-2-4-6-16;/h2-8,13,18,21,23H,9-12,14-15H2,1H3;1H/t18-;/m0./s1. The minimum absolute atomic E-state index is 0. The van der Waals surface area contributed by atoms with Crippen molar-refractivity contribution in [3.05, 3.63) is 59.7 Å². The number of benzene rings is 2. The summed E-state index contributed by atoms with van der Waals surface area (Å²) in [7, 11) is 1.64. The van der Waals surface area contributed by atoms with E-state index in [-0.39, 0.29) is 25.1 Å². The maximum atomic E-state index is 9.92. The summed E-state index contributed by atoms with van der Waals surface area (Å²) in [5, 5.41) is 13.3. The summed E-state index contributed by atoms with van der Waals surface area (Å²) in [6.45, 7) is 4.32. The Morgan fingerprint density at radius 1 is 1.08 bits per heavy atom. The number of nitrogens with zero attached hydrogens (tertiary/aromatic N) is 1. The van der Waals surface area contributed by atoms with E-state index in [0.29, 0.717) is 18.1 Å². The van der Waals surface area contributed by atoms with Crippen molar-refractivity contribution in [3.8, 4) is 11.5 Å². The second kappa shape index (κ2) is 10.4. The van der Waals surface area contributed by atoms with Crippen molar-refractivity contribution < 1.29 is 14.6 Å². The maximum absolute atomic E-state index is 9.92. The lowest BCUT2D eigenvalue weighted by Crippen LogP contribution is -2.46. The molecule has 0 spiro atoms. The Balaban J connectivity index is 0.00000243. The molecule has 0 unspecified atom stereocenters. The molecule has 1 fully saturated rings. The molecule has 0 bridgehead atoms. The Morgan fingerprint density at radius 3 is 2.46 bits per heavy atom. The van der Waals surface area contributed by atoms with Gasteiger partial charge in [0.05, 0.1) is 19.8 Å². The van der Waals surface area contributed by atoms with Gasteiger partial charge in [-0.15, -0.1) is 12.4 Å². The van der Waals surface area contributed by atoms with E-state index in [9.17, 15) is 5.11 Å². The van der Waals surface area contributed by atoms with Gasteiger partial charge in [-0.25, -0.2) is 0 Å². The molecule has 5 nitrogen and oxygen atoms in total. The summed E-state index contributed by atoms with van der Waals surface area (Å²) in [6, 6.07) is 16.0. The molecule has 1 aliphatic heterocycles. The van der Waals surface area contributed by atoms with E-state index in [1.165, 1.54) is 0 Å². The molecule has 0 radical (unpaired) electrons. The van der Waals surface area contributed by atoms with Crippen molar-refractivity contribution in [3.63, 3.8) is 0 Å². The zero-order valence-corrected chi connectivity index (χ0v) is 15.9. The van der Waals surface area contributed by atoms with Crippen molar-refractivity contribution >= 4 is 12.4 Å². The first-order valence-corrected chi connectivity index (χ1v) is 8.72. The van der Waals surface area contributed by atoms with E-state index >= 15 is 0 Å². The molecule has 0 aliphatic carbocycles. The van der Waals surface area contributed by atoms with Crippen molar-refractivity contribution in [2.24, 2.45) is 0 Å². The quantitative estimate of drug-likeness (QED) is 0.775. The van der Waals surface area contributed by atoms with E-state index in [4.69, 9.17) is 9.47 Å². The first-order valence-electron chi connectivity index (χ1n) is 8.72. The summed E-state index contributed by atoms with van der Waals surface area (Å²) < 4.78 is 11.4. The number of methoxy groups -OCH3 is 1. The first-order chi connectivity index (χ1) is 12.3. The predicted molar refractivity (Wildman–Crippen MR) is 105 cm³/mol. The highest BCUT2D eigenvalue weighted by Crippen LogP contribution is 2.32.